The zero-order valence-electron chi connectivity index (χ0n) is 18.2. The Morgan fingerprint density at radius 1 is 1.11 bits per heavy atom. The summed E-state index contributed by atoms with van der Waals surface area (Å²) in [4.78, 5) is 30.9. The molecule has 10 heteroatoms. The Morgan fingerprint density at radius 3 is 2.77 bits per heavy atom. The van der Waals surface area contributed by atoms with Crippen molar-refractivity contribution < 1.29 is 13.9 Å². The highest BCUT2D eigenvalue weighted by Gasteiger charge is 2.18. The summed E-state index contributed by atoms with van der Waals surface area (Å²) < 4.78 is 19.5. The number of hydrogen-bond acceptors (Lipinski definition) is 8. The highest BCUT2D eigenvalue weighted by Crippen LogP contribution is 2.32. The molecule has 0 aliphatic rings. The van der Waals surface area contributed by atoms with Crippen LogP contribution in [0.3, 0.4) is 0 Å². The van der Waals surface area contributed by atoms with Gasteiger partial charge in [-0.2, -0.15) is 10.2 Å². The second-order valence-electron chi connectivity index (χ2n) is 7.29. The third kappa shape index (κ3) is 4.28. The Kier molecular flexibility index (Phi) is 5.83. The van der Waals surface area contributed by atoms with E-state index in [1.54, 1.807) is 31.5 Å². The standard InChI is InChI=1S/C25H15FN6O2S/c1-34-21-5-3-2-4-16(21)18-12-28-9-8-17(18)23(33)32-25-31-22-24(35-25)30-20(13-29-22)14-6-7-15(11-27)19(26)10-14/h2-10,12-13H,1H3,(H,29,31,32,33). The van der Waals surface area contributed by atoms with Gasteiger partial charge in [0.2, 0.25) is 0 Å². The summed E-state index contributed by atoms with van der Waals surface area (Å²) in [6.45, 7) is 0. The van der Waals surface area contributed by atoms with Crippen molar-refractivity contribution in [2.45, 2.75) is 0 Å². The van der Waals surface area contributed by atoms with Gasteiger partial charge >= 0.3 is 0 Å². The lowest BCUT2D eigenvalue weighted by molar-refractivity contribution is 0.102. The van der Waals surface area contributed by atoms with E-state index in [1.807, 2.05) is 24.3 Å². The second-order valence-corrected chi connectivity index (χ2v) is 8.26. The maximum Gasteiger partial charge on any atom is 0.258 e. The quantitative estimate of drug-likeness (QED) is 0.371. The molecule has 1 N–H and O–H groups in total. The first-order chi connectivity index (χ1) is 17.1. The summed E-state index contributed by atoms with van der Waals surface area (Å²) in [7, 11) is 1.57. The molecule has 0 saturated carbocycles. The van der Waals surface area contributed by atoms with Crippen molar-refractivity contribution in [2.75, 3.05) is 12.4 Å². The maximum absolute atomic E-state index is 14.0. The van der Waals surface area contributed by atoms with E-state index in [9.17, 15) is 9.18 Å². The number of fused-ring (bicyclic) bond motifs is 1. The lowest BCUT2D eigenvalue weighted by Gasteiger charge is -2.11. The number of benzene rings is 2. The Bertz CT molecular complexity index is 1630. The monoisotopic (exact) mass is 482 g/mol. The van der Waals surface area contributed by atoms with Gasteiger partial charge in [-0.3, -0.25) is 15.1 Å². The molecule has 0 radical (unpaired) electrons. The number of anilines is 1. The van der Waals surface area contributed by atoms with Crippen LogP contribution in [0.25, 0.3) is 32.9 Å². The van der Waals surface area contributed by atoms with E-state index in [4.69, 9.17) is 10.00 Å². The van der Waals surface area contributed by atoms with Gasteiger partial charge in [-0.25, -0.2) is 14.4 Å². The van der Waals surface area contributed by atoms with Crippen LogP contribution >= 0.6 is 11.3 Å². The molecule has 8 nitrogen and oxygen atoms in total. The number of nitrogens with one attached hydrogen (secondary N) is 1. The number of rotatable bonds is 5. The minimum atomic E-state index is -0.632. The van der Waals surface area contributed by atoms with Crippen molar-refractivity contribution in [3.63, 3.8) is 0 Å². The lowest BCUT2D eigenvalue weighted by Crippen LogP contribution is -2.13. The minimum Gasteiger partial charge on any atom is -0.496 e. The number of nitrogens with zero attached hydrogens (tertiary/aromatic N) is 5. The van der Waals surface area contributed by atoms with E-state index in [0.717, 1.165) is 16.9 Å². The molecule has 170 valence electrons. The smallest absolute Gasteiger partial charge is 0.258 e. The molecule has 35 heavy (non-hydrogen) atoms. The number of ether oxygens (including phenoxy) is 1. The first kappa shape index (κ1) is 22.1. The molecule has 5 aromatic rings. The SMILES string of the molecule is COc1ccccc1-c1cnccc1C(=O)Nc1nc2ncc(-c3ccc(C#N)c(F)c3)nc2s1. The van der Waals surface area contributed by atoms with Crippen molar-refractivity contribution >= 4 is 32.9 Å². The summed E-state index contributed by atoms with van der Waals surface area (Å²) in [5.74, 6) is -0.385. The number of amides is 1. The summed E-state index contributed by atoms with van der Waals surface area (Å²) in [6.07, 6.45) is 4.62. The number of carbonyl (C=O) groups is 1. The third-order valence-corrected chi connectivity index (χ3v) is 6.05. The third-order valence-electron chi connectivity index (χ3n) is 5.19. The van der Waals surface area contributed by atoms with Crippen molar-refractivity contribution in [1.29, 1.82) is 5.26 Å². The van der Waals surface area contributed by atoms with Crippen LogP contribution in [0, 0.1) is 17.1 Å². The maximum atomic E-state index is 14.0. The predicted octanol–water partition coefficient (Wildman–Crippen LogP) is 5.09. The Morgan fingerprint density at radius 2 is 1.97 bits per heavy atom. The molecule has 0 saturated heterocycles. The lowest BCUT2D eigenvalue weighted by atomic mass is 10.0. The summed E-state index contributed by atoms with van der Waals surface area (Å²) >= 11 is 1.15. The van der Waals surface area contributed by atoms with Gasteiger partial charge in [-0.05, 0) is 24.3 Å². The van der Waals surface area contributed by atoms with Crippen LogP contribution in [0.5, 0.6) is 5.75 Å². The molecule has 5 rings (SSSR count). The van der Waals surface area contributed by atoms with Gasteiger partial charge in [0.05, 0.1) is 30.1 Å². The Hall–Kier alpha value is -4.75. The van der Waals surface area contributed by atoms with Gasteiger partial charge in [0.15, 0.2) is 15.6 Å². The van der Waals surface area contributed by atoms with Crippen molar-refractivity contribution in [3.05, 3.63) is 84.1 Å². The molecule has 0 aliphatic heterocycles. The highest BCUT2D eigenvalue weighted by molar-refractivity contribution is 7.21. The number of methoxy groups -OCH3 is 1. The molecular weight excluding hydrogens is 467 g/mol. The van der Waals surface area contributed by atoms with Crippen LogP contribution in [0.1, 0.15) is 15.9 Å². The number of nitriles is 1. The first-order valence-corrected chi connectivity index (χ1v) is 11.1. The highest BCUT2D eigenvalue weighted by atomic mass is 32.1. The van der Waals surface area contributed by atoms with Crippen LogP contribution in [0.4, 0.5) is 9.52 Å². The minimum absolute atomic E-state index is 0.0471. The number of hydrogen-bond donors (Lipinski definition) is 1. The normalized spacial score (nSPS) is 10.7. The van der Waals surface area contributed by atoms with Gasteiger partial charge in [0, 0.05) is 29.1 Å². The molecular formula is C25H15FN6O2S. The van der Waals surface area contributed by atoms with E-state index in [1.165, 1.54) is 24.5 Å². The van der Waals surface area contributed by atoms with Crippen molar-refractivity contribution in [2.24, 2.45) is 0 Å². The van der Waals surface area contributed by atoms with Crippen LogP contribution < -0.4 is 10.1 Å². The molecule has 0 fully saturated rings. The van der Waals surface area contributed by atoms with Gasteiger partial charge in [-0.1, -0.05) is 35.6 Å². The first-order valence-electron chi connectivity index (χ1n) is 10.3. The second kappa shape index (κ2) is 9.24. The van der Waals surface area contributed by atoms with E-state index < -0.39 is 5.82 Å². The van der Waals surface area contributed by atoms with E-state index in [0.29, 0.717) is 43.7 Å². The average molecular weight is 483 g/mol. The topological polar surface area (TPSA) is 114 Å². The number of para-hydroxylation sites is 1. The van der Waals surface area contributed by atoms with E-state index >= 15 is 0 Å². The molecule has 1 amide bonds. The summed E-state index contributed by atoms with van der Waals surface area (Å²) in [6, 6.07) is 15.0. The van der Waals surface area contributed by atoms with E-state index in [2.05, 4.69) is 25.3 Å². The molecule has 3 heterocycles. The Labute approximate surface area is 202 Å². The molecule has 3 aromatic heterocycles. The van der Waals surface area contributed by atoms with Gasteiger partial charge in [0.25, 0.3) is 5.91 Å². The number of thiazole rings is 1. The van der Waals surface area contributed by atoms with Crippen LogP contribution in [-0.2, 0) is 0 Å². The number of pyridine rings is 1. The van der Waals surface area contributed by atoms with Gasteiger partial charge < -0.3 is 4.74 Å². The number of carbonyl (C=O) groups excluding carboxylic acids is 1. The largest absolute Gasteiger partial charge is 0.496 e. The Balaban J connectivity index is 1.45. The number of aromatic nitrogens is 4. The fourth-order valence-electron chi connectivity index (χ4n) is 3.52. The average Bonchev–Trinajstić information content (AvgIpc) is 3.30. The molecule has 0 bridgehead atoms. The van der Waals surface area contributed by atoms with Crippen molar-refractivity contribution in [1.82, 2.24) is 19.9 Å². The van der Waals surface area contributed by atoms with Gasteiger partial charge in [-0.15, -0.1) is 0 Å². The summed E-state index contributed by atoms with van der Waals surface area (Å²) in [5, 5.41) is 12.0. The fraction of sp³-hybridized carbons (Fsp3) is 0.0400. The van der Waals surface area contributed by atoms with Crippen LogP contribution in [-0.4, -0.2) is 33.0 Å². The fourth-order valence-corrected chi connectivity index (χ4v) is 4.31. The van der Waals surface area contributed by atoms with Crippen LogP contribution in [0.2, 0.25) is 0 Å². The number of halogens is 1. The molecule has 0 aliphatic carbocycles. The molecule has 0 unspecified atom stereocenters. The molecule has 2 aromatic carbocycles. The zero-order chi connectivity index (χ0) is 24.4. The molecule has 0 atom stereocenters. The summed E-state index contributed by atoms with van der Waals surface area (Å²) in [5.41, 5.74) is 2.96. The van der Waals surface area contributed by atoms with E-state index in [-0.39, 0.29) is 11.5 Å². The predicted molar refractivity (Wildman–Crippen MR) is 129 cm³/mol. The van der Waals surface area contributed by atoms with Crippen molar-refractivity contribution in [3.8, 4) is 34.2 Å². The molecule has 0 spiro atoms. The zero-order valence-corrected chi connectivity index (χ0v) is 19.0. The van der Waals surface area contributed by atoms with Gasteiger partial charge in [0.1, 0.15) is 17.6 Å². The van der Waals surface area contributed by atoms with Crippen LogP contribution in [0.15, 0.2) is 67.1 Å².